The van der Waals surface area contributed by atoms with Gasteiger partial charge in [-0.15, -0.1) is 0 Å². The van der Waals surface area contributed by atoms with Gasteiger partial charge >= 0.3 is 0 Å². The third-order valence-electron chi connectivity index (χ3n) is 4.92. The van der Waals surface area contributed by atoms with E-state index in [1.807, 2.05) is 48.5 Å². The van der Waals surface area contributed by atoms with Crippen LogP contribution in [0.4, 0.5) is 0 Å². The fourth-order valence-electron chi connectivity index (χ4n) is 2.97. The van der Waals surface area contributed by atoms with E-state index in [4.69, 9.17) is 21.7 Å². The SMILES string of the molecule is CCCCCCCOc1ccc(/C=N\NC(=S)NCc2ccc(OCCCC)cc2)cc1. The molecule has 0 saturated carbocycles. The Morgan fingerprint density at radius 1 is 0.812 bits per heavy atom. The van der Waals surface area contributed by atoms with E-state index >= 15 is 0 Å². The lowest BCUT2D eigenvalue weighted by molar-refractivity contribution is 0.304. The van der Waals surface area contributed by atoms with E-state index in [1.54, 1.807) is 6.21 Å². The average Bonchev–Trinajstić information content (AvgIpc) is 2.82. The molecule has 0 heterocycles. The highest BCUT2D eigenvalue weighted by atomic mass is 32.1. The molecule has 0 aliphatic heterocycles. The highest BCUT2D eigenvalue weighted by molar-refractivity contribution is 7.80. The van der Waals surface area contributed by atoms with Crippen LogP contribution in [-0.2, 0) is 6.54 Å². The summed E-state index contributed by atoms with van der Waals surface area (Å²) >= 11 is 5.29. The van der Waals surface area contributed by atoms with Gasteiger partial charge in [-0.2, -0.15) is 5.10 Å². The Balaban J connectivity index is 1.63. The first-order valence-electron chi connectivity index (χ1n) is 11.7. The Kier molecular flexibility index (Phi) is 12.9. The van der Waals surface area contributed by atoms with Gasteiger partial charge in [0.15, 0.2) is 5.11 Å². The number of unbranched alkanes of at least 4 members (excludes halogenated alkanes) is 5. The molecule has 2 rings (SSSR count). The minimum atomic E-state index is 0.479. The lowest BCUT2D eigenvalue weighted by Gasteiger charge is -2.09. The molecular formula is C26H37N3O2S. The summed E-state index contributed by atoms with van der Waals surface area (Å²) in [7, 11) is 0. The van der Waals surface area contributed by atoms with Gasteiger partial charge in [-0.3, -0.25) is 5.43 Å². The minimum absolute atomic E-state index is 0.479. The summed E-state index contributed by atoms with van der Waals surface area (Å²) in [4.78, 5) is 0. The summed E-state index contributed by atoms with van der Waals surface area (Å²) in [6, 6.07) is 16.0. The largest absolute Gasteiger partial charge is 0.494 e. The highest BCUT2D eigenvalue weighted by Crippen LogP contribution is 2.13. The summed E-state index contributed by atoms with van der Waals surface area (Å²) in [5, 5.41) is 7.84. The number of hydrazone groups is 1. The van der Waals surface area contributed by atoms with Crippen molar-refractivity contribution in [2.45, 2.75) is 65.3 Å². The molecule has 2 aromatic rings. The molecule has 5 nitrogen and oxygen atoms in total. The van der Waals surface area contributed by atoms with Crippen LogP contribution in [0.1, 0.15) is 69.9 Å². The summed E-state index contributed by atoms with van der Waals surface area (Å²) in [5.41, 5.74) is 4.96. The summed E-state index contributed by atoms with van der Waals surface area (Å²) in [6.45, 7) is 6.54. The molecule has 0 aliphatic carbocycles. The molecule has 0 saturated heterocycles. The standard InChI is InChI=1S/C26H37N3O2S/c1-3-5-7-8-9-19-31-25-16-12-23(13-17-25)21-28-29-26(32)27-20-22-10-14-24(15-11-22)30-18-6-4-2/h10-17,21H,3-9,18-20H2,1-2H3,(H2,27,29,32)/b28-21-. The van der Waals surface area contributed by atoms with Crippen LogP contribution in [0.25, 0.3) is 0 Å². The van der Waals surface area contributed by atoms with Crippen molar-refractivity contribution in [2.75, 3.05) is 13.2 Å². The number of hydrogen-bond acceptors (Lipinski definition) is 4. The quantitative estimate of drug-likeness (QED) is 0.145. The highest BCUT2D eigenvalue weighted by Gasteiger charge is 1.99. The molecular weight excluding hydrogens is 418 g/mol. The van der Waals surface area contributed by atoms with E-state index in [0.29, 0.717) is 11.7 Å². The van der Waals surface area contributed by atoms with Crippen molar-refractivity contribution >= 4 is 23.5 Å². The zero-order valence-corrected chi connectivity index (χ0v) is 20.3. The van der Waals surface area contributed by atoms with Crippen molar-refractivity contribution in [1.82, 2.24) is 10.7 Å². The maximum Gasteiger partial charge on any atom is 0.187 e. The number of nitrogens with one attached hydrogen (secondary N) is 2. The van der Waals surface area contributed by atoms with Gasteiger partial charge in [-0.1, -0.05) is 58.1 Å². The molecule has 0 radical (unpaired) electrons. The molecule has 0 aliphatic rings. The lowest BCUT2D eigenvalue weighted by Crippen LogP contribution is -2.31. The van der Waals surface area contributed by atoms with Gasteiger partial charge in [0.25, 0.3) is 0 Å². The number of thiocarbonyl (C=S) groups is 1. The first-order chi connectivity index (χ1) is 15.7. The van der Waals surface area contributed by atoms with Crippen LogP contribution in [0.2, 0.25) is 0 Å². The topological polar surface area (TPSA) is 54.9 Å². The van der Waals surface area contributed by atoms with Gasteiger partial charge < -0.3 is 14.8 Å². The second kappa shape index (κ2) is 16.1. The first kappa shape index (κ1) is 25.7. The van der Waals surface area contributed by atoms with Crippen molar-refractivity contribution in [3.8, 4) is 11.5 Å². The number of rotatable bonds is 15. The predicted octanol–water partition coefficient (Wildman–Crippen LogP) is 6.21. The first-order valence-corrected chi connectivity index (χ1v) is 12.1. The van der Waals surface area contributed by atoms with Crippen molar-refractivity contribution < 1.29 is 9.47 Å². The maximum atomic E-state index is 5.79. The van der Waals surface area contributed by atoms with Crippen LogP contribution in [-0.4, -0.2) is 24.5 Å². The van der Waals surface area contributed by atoms with Gasteiger partial charge in [0.05, 0.1) is 19.4 Å². The molecule has 0 amide bonds. The molecule has 0 fully saturated rings. The van der Waals surface area contributed by atoms with E-state index in [9.17, 15) is 0 Å². The number of hydrogen-bond donors (Lipinski definition) is 2. The van der Waals surface area contributed by atoms with E-state index in [2.05, 4.69) is 29.7 Å². The maximum absolute atomic E-state index is 5.79. The molecule has 0 aromatic heterocycles. The van der Waals surface area contributed by atoms with Crippen LogP contribution in [0.15, 0.2) is 53.6 Å². The van der Waals surface area contributed by atoms with E-state index in [-0.39, 0.29) is 0 Å². The summed E-state index contributed by atoms with van der Waals surface area (Å²) in [6.07, 6.45) is 10.1. The van der Waals surface area contributed by atoms with Crippen molar-refractivity contribution in [3.05, 3.63) is 59.7 Å². The Morgan fingerprint density at radius 3 is 2.06 bits per heavy atom. The van der Waals surface area contributed by atoms with Gasteiger partial charge in [0, 0.05) is 6.54 Å². The van der Waals surface area contributed by atoms with Crippen molar-refractivity contribution in [3.63, 3.8) is 0 Å². The number of ether oxygens (including phenoxy) is 2. The Labute approximate surface area is 198 Å². The molecule has 0 bridgehead atoms. The van der Waals surface area contributed by atoms with Gasteiger partial charge in [-0.05, 0) is 72.6 Å². The number of benzene rings is 2. The van der Waals surface area contributed by atoms with Gasteiger partial charge in [0.1, 0.15) is 11.5 Å². The Morgan fingerprint density at radius 2 is 1.41 bits per heavy atom. The Bertz CT molecular complexity index is 792. The van der Waals surface area contributed by atoms with E-state index < -0.39 is 0 Å². The van der Waals surface area contributed by atoms with Crippen LogP contribution < -0.4 is 20.2 Å². The van der Waals surface area contributed by atoms with Crippen LogP contribution in [0.3, 0.4) is 0 Å². The Hall–Kier alpha value is -2.60. The zero-order chi connectivity index (χ0) is 22.9. The van der Waals surface area contributed by atoms with Crippen LogP contribution >= 0.6 is 12.2 Å². The number of nitrogens with zero attached hydrogens (tertiary/aromatic N) is 1. The molecule has 174 valence electrons. The second-order valence-corrected chi connectivity index (χ2v) is 8.14. The third kappa shape index (κ3) is 11.1. The summed E-state index contributed by atoms with van der Waals surface area (Å²) in [5.74, 6) is 1.79. The molecule has 0 unspecified atom stereocenters. The van der Waals surface area contributed by atoms with Gasteiger partial charge in [-0.25, -0.2) is 0 Å². The third-order valence-corrected chi connectivity index (χ3v) is 5.16. The monoisotopic (exact) mass is 455 g/mol. The molecule has 32 heavy (non-hydrogen) atoms. The summed E-state index contributed by atoms with van der Waals surface area (Å²) < 4.78 is 11.5. The molecule has 2 aromatic carbocycles. The molecule has 6 heteroatoms. The average molecular weight is 456 g/mol. The van der Waals surface area contributed by atoms with Crippen molar-refractivity contribution in [2.24, 2.45) is 5.10 Å². The van der Waals surface area contributed by atoms with E-state index in [0.717, 1.165) is 55.1 Å². The van der Waals surface area contributed by atoms with Crippen molar-refractivity contribution in [1.29, 1.82) is 0 Å². The van der Waals surface area contributed by atoms with Crippen LogP contribution in [0.5, 0.6) is 11.5 Å². The fraction of sp³-hybridized carbons (Fsp3) is 0.462. The smallest absolute Gasteiger partial charge is 0.187 e. The molecule has 2 N–H and O–H groups in total. The fourth-order valence-corrected chi connectivity index (χ4v) is 3.10. The predicted molar refractivity (Wildman–Crippen MR) is 138 cm³/mol. The lowest BCUT2D eigenvalue weighted by atomic mass is 10.2. The van der Waals surface area contributed by atoms with Crippen LogP contribution in [0, 0.1) is 0 Å². The van der Waals surface area contributed by atoms with Gasteiger partial charge in [0.2, 0.25) is 0 Å². The molecule has 0 atom stereocenters. The zero-order valence-electron chi connectivity index (χ0n) is 19.4. The van der Waals surface area contributed by atoms with E-state index in [1.165, 1.54) is 25.7 Å². The second-order valence-electron chi connectivity index (χ2n) is 7.73. The minimum Gasteiger partial charge on any atom is -0.494 e. The normalized spacial score (nSPS) is 10.8. The molecule has 0 spiro atoms.